The van der Waals surface area contributed by atoms with Crippen LogP contribution in [0, 0.1) is 19.8 Å². The number of amides is 3. The van der Waals surface area contributed by atoms with Gasteiger partial charge in [0.25, 0.3) is 5.91 Å². The standard InChI is InChI=1S/C21H26N4O4/c1-13-11-16(14(2)29-13)21(28)23-12-19(26)24-17-5-3-4-6-18(17)25-9-7-15(8-10-25)20(22)27/h3-6,11,15H,7-10,12H2,1-2H3,(H2,22,27)(H,23,28)(H,24,26). The first-order valence-corrected chi connectivity index (χ1v) is 9.63. The first-order valence-electron chi connectivity index (χ1n) is 9.63. The van der Waals surface area contributed by atoms with Gasteiger partial charge in [0.2, 0.25) is 11.8 Å². The van der Waals surface area contributed by atoms with Gasteiger partial charge in [0.1, 0.15) is 11.5 Å². The highest BCUT2D eigenvalue weighted by Crippen LogP contribution is 2.29. The van der Waals surface area contributed by atoms with E-state index in [1.807, 2.05) is 24.3 Å². The molecule has 1 saturated heterocycles. The molecule has 4 N–H and O–H groups in total. The maximum Gasteiger partial charge on any atom is 0.255 e. The van der Waals surface area contributed by atoms with Gasteiger partial charge >= 0.3 is 0 Å². The van der Waals surface area contributed by atoms with Crippen molar-refractivity contribution in [2.45, 2.75) is 26.7 Å². The van der Waals surface area contributed by atoms with Gasteiger partial charge in [0.15, 0.2) is 0 Å². The molecule has 1 aliphatic heterocycles. The summed E-state index contributed by atoms with van der Waals surface area (Å²) in [4.78, 5) is 38.1. The maximum atomic E-state index is 12.4. The van der Waals surface area contributed by atoms with Crippen molar-refractivity contribution in [1.82, 2.24) is 5.32 Å². The van der Waals surface area contributed by atoms with Crippen LogP contribution in [-0.2, 0) is 9.59 Å². The Morgan fingerprint density at radius 2 is 1.86 bits per heavy atom. The van der Waals surface area contributed by atoms with Crippen molar-refractivity contribution in [3.63, 3.8) is 0 Å². The fourth-order valence-corrected chi connectivity index (χ4v) is 3.57. The number of nitrogens with zero attached hydrogens (tertiary/aromatic N) is 1. The number of anilines is 2. The number of primary amides is 1. The van der Waals surface area contributed by atoms with Crippen LogP contribution in [0.25, 0.3) is 0 Å². The molecular weight excluding hydrogens is 372 g/mol. The number of hydrogen-bond acceptors (Lipinski definition) is 5. The summed E-state index contributed by atoms with van der Waals surface area (Å²) in [6, 6.07) is 9.13. The maximum absolute atomic E-state index is 12.4. The molecule has 3 amide bonds. The molecule has 8 nitrogen and oxygen atoms in total. The zero-order valence-electron chi connectivity index (χ0n) is 16.7. The molecule has 29 heavy (non-hydrogen) atoms. The van der Waals surface area contributed by atoms with Crippen molar-refractivity contribution in [2.75, 3.05) is 29.9 Å². The van der Waals surface area contributed by atoms with Gasteiger partial charge < -0.3 is 25.7 Å². The summed E-state index contributed by atoms with van der Waals surface area (Å²) in [5, 5.41) is 5.47. The predicted molar refractivity (Wildman–Crippen MR) is 110 cm³/mol. The Labute approximate surface area is 169 Å². The van der Waals surface area contributed by atoms with E-state index >= 15 is 0 Å². The molecule has 1 aromatic heterocycles. The van der Waals surface area contributed by atoms with Crippen molar-refractivity contribution in [3.05, 3.63) is 47.4 Å². The molecular formula is C21H26N4O4. The summed E-state index contributed by atoms with van der Waals surface area (Å²) in [5.74, 6) is 0.131. The second kappa shape index (κ2) is 8.81. The van der Waals surface area contributed by atoms with Gasteiger partial charge in [-0.25, -0.2) is 0 Å². The number of furan rings is 1. The Morgan fingerprint density at radius 1 is 1.17 bits per heavy atom. The highest BCUT2D eigenvalue weighted by Gasteiger charge is 2.24. The fourth-order valence-electron chi connectivity index (χ4n) is 3.57. The summed E-state index contributed by atoms with van der Waals surface area (Å²) in [6.45, 7) is 4.70. The average Bonchev–Trinajstić information content (AvgIpc) is 3.05. The van der Waals surface area contributed by atoms with E-state index in [1.54, 1.807) is 19.9 Å². The molecule has 0 atom stereocenters. The van der Waals surface area contributed by atoms with Crippen molar-refractivity contribution in [1.29, 1.82) is 0 Å². The quantitative estimate of drug-likeness (QED) is 0.688. The lowest BCUT2D eigenvalue weighted by atomic mass is 9.96. The van der Waals surface area contributed by atoms with E-state index in [0.29, 0.717) is 48.7 Å². The molecule has 0 bridgehead atoms. The van der Waals surface area contributed by atoms with Gasteiger partial charge in [-0.05, 0) is 44.9 Å². The smallest absolute Gasteiger partial charge is 0.255 e. The van der Waals surface area contributed by atoms with E-state index in [1.165, 1.54) is 0 Å². The zero-order chi connectivity index (χ0) is 21.0. The van der Waals surface area contributed by atoms with Crippen LogP contribution < -0.4 is 21.3 Å². The number of nitrogens with two attached hydrogens (primary N) is 1. The topological polar surface area (TPSA) is 118 Å². The lowest BCUT2D eigenvalue weighted by Crippen LogP contribution is -2.39. The van der Waals surface area contributed by atoms with E-state index in [0.717, 1.165) is 5.69 Å². The molecule has 2 heterocycles. The monoisotopic (exact) mass is 398 g/mol. The number of aryl methyl sites for hydroxylation is 2. The van der Waals surface area contributed by atoms with E-state index in [-0.39, 0.29) is 30.2 Å². The first kappa shape index (κ1) is 20.4. The number of carbonyl (C=O) groups is 3. The number of para-hydroxylation sites is 2. The van der Waals surface area contributed by atoms with Gasteiger partial charge in [0, 0.05) is 19.0 Å². The number of piperidine rings is 1. The largest absolute Gasteiger partial charge is 0.466 e. The van der Waals surface area contributed by atoms with E-state index in [4.69, 9.17) is 10.2 Å². The van der Waals surface area contributed by atoms with Crippen molar-refractivity contribution < 1.29 is 18.8 Å². The van der Waals surface area contributed by atoms with Crippen molar-refractivity contribution in [3.8, 4) is 0 Å². The summed E-state index contributed by atoms with van der Waals surface area (Å²) >= 11 is 0. The third kappa shape index (κ3) is 4.96. The second-order valence-electron chi connectivity index (χ2n) is 7.24. The molecule has 1 aromatic carbocycles. The second-order valence-corrected chi connectivity index (χ2v) is 7.24. The van der Waals surface area contributed by atoms with Gasteiger partial charge in [-0.2, -0.15) is 0 Å². The minimum atomic E-state index is -0.351. The molecule has 3 rings (SSSR count). The fraction of sp³-hybridized carbons (Fsp3) is 0.381. The molecule has 0 unspecified atom stereocenters. The number of nitrogens with one attached hydrogen (secondary N) is 2. The Hall–Kier alpha value is -3.29. The number of benzene rings is 1. The highest BCUT2D eigenvalue weighted by molar-refractivity contribution is 6.01. The Balaban J connectivity index is 1.59. The van der Waals surface area contributed by atoms with Crippen molar-refractivity contribution >= 4 is 29.1 Å². The normalized spacial score (nSPS) is 14.5. The molecule has 0 aliphatic carbocycles. The minimum absolute atomic E-state index is 0.0989. The van der Waals surface area contributed by atoms with Crippen LogP contribution >= 0.6 is 0 Å². The van der Waals surface area contributed by atoms with E-state index in [2.05, 4.69) is 15.5 Å². The first-order chi connectivity index (χ1) is 13.8. The summed E-state index contributed by atoms with van der Waals surface area (Å²) in [6.07, 6.45) is 1.38. The van der Waals surface area contributed by atoms with Gasteiger partial charge in [0.05, 0.1) is 23.5 Å². The molecule has 2 aromatic rings. The minimum Gasteiger partial charge on any atom is -0.466 e. The van der Waals surface area contributed by atoms with Gasteiger partial charge in [-0.15, -0.1) is 0 Å². The number of rotatable bonds is 6. The van der Waals surface area contributed by atoms with Crippen LogP contribution in [0.2, 0.25) is 0 Å². The lowest BCUT2D eigenvalue weighted by Gasteiger charge is -2.33. The number of hydrogen-bond donors (Lipinski definition) is 3. The molecule has 1 aliphatic rings. The summed E-state index contributed by atoms with van der Waals surface area (Å²) in [5.41, 5.74) is 7.38. The third-order valence-electron chi connectivity index (χ3n) is 5.11. The predicted octanol–water partition coefficient (Wildman–Crippen LogP) is 1.97. The number of carbonyl (C=O) groups excluding carboxylic acids is 3. The summed E-state index contributed by atoms with van der Waals surface area (Å²) in [7, 11) is 0. The van der Waals surface area contributed by atoms with Crippen molar-refractivity contribution in [2.24, 2.45) is 11.7 Å². The SMILES string of the molecule is Cc1cc(C(=O)NCC(=O)Nc2ccccc2N2CCC(C(N)=O)CC2)c(C)o1. The van der Waals surface area contributed by atoms with Crippen LogP contribution in [0.5, 0.6) is 0 Å². The molecule has 0 radical (unpaired) electrons. The zero-order valence-corrected chi connectivity index (χ0v) is 16.7. The lowest BCUT2D eigenvalue weighted by molar-refractivity contribution is -0.122. The molecule has 154 valence electrons. The average molecular weight is 398 g/mol. The summed E-state index contributed by atoms with van der Waals surface area (Å²) < 4.78 is 5.35. The molecule has 8 heteroatoms. The van der Waals surface area contributed by atoms with E-state index < -0.39 is 0 Å². The molecule has 0 spiro atoms. The Kier molecular flexibility index (Phi) is 6.21. The van der Waals surface area contributed by atoms with Crippen LogP contribution in [0.4, 0.5) is 11.4 Å². The van der Waals surface area contributed by atoms with E-state index in [9.17, 15) is 14.4 Å². The highest BCUT2D eigenvalue weighted by atomic mass is 16.3. The third-order valence-corrected chi connectivity index (χ3v) is 5.11. The molecule has 1 fully saturated rings. The van der Waals surface area contributed by atoms with Crippen LogP contribution in [-0.4, -0.2) is 37.4 Å². The van der Waals surface area contributed by atoms with Gasteiger partial charge in [-0.1, -0.05) is 12.1 Å². The van der Waals surface area contributed by atoms with Crippen LogP contribution in [0.3, 0.4) is 0 Å². The Morgan fingerprint density at radius 3 is 2.48 bits per heavy atom. The van der Waals surface area contributed by atoms with Gasteiger partial charge in [-0.3, -0.25) is 14.4 Å². The Bertz CT molecular complexity index is 913. The molecule has 0 saturated carbocycles. The van der Waals surface area contributed by atoms with Crippen LogP contribution in [0.15, 0.2) is 34.7 Å². The van der Waals surface area contributed by atoms with Crippen LogP contribution in [0.1, 0.15) is 34.7 Å².